The third kappa shape index (κ3) is 6.13. The Kier molecular flexibility index (Phi) is 7.90. The first kappa shape index (κ1) is 27.1. The normalized spacial score (nSPS) is 15.4. The van der Waals surface area contributed by atoms with E-state index < -0.39 is 26.0 Å². The van der Waals surface area contributed by atoms with Crippen LogP contribution in [0.15, 0.2) is 63.7 Å². The topological polar surface area (TPSA) is 162 Å². The van der Waals surface area contributed by atoms with Crippen molar-refractivity contribution in [1.29, 1.82) is 0 Å². The molecule has 3 aromatic rings. The van der Waals surface area contributed by atoms with Crippen molar-refractivity contribution in [3.05, 3.63) is 70.6 Å². The maximum atomic E-state index is 13.3. The van der Waals surface area contributed by atoms with Crippen LogP contribution in [0.3, 0.4) is 0 Å². The lowest BCUT2D eigenvalue weighted by Gasteiger charge is -2.31. The summed E-state index contributed by atoms with van der Waals surface area (Å²) in [6.45, 7) is 0.640. The maximum Gasteiger partial charge on any atom is 0.252 e. The van der Waals surface area contributed by atoms with Crippen molar-refractivity contribution in [1.82, 2.24) is 4.31 Å². The minimum absolute atomic E-state index is 0.0150. The Labute approximate surface area is 220 Å². The number of benzene rings is 2. The average molecular weight is 565 g/mol. The Morgan fingerprint density at radius 2 is 1.78 bits per heavy atom. The van der Waals surface area contributed by atoms with Crippen molar-refractivity contribution in [3.63, 3.8) is 0 Å². The molecule has 198 valence electrons. The van der Waals surface area contributed by atoms with Crippen LogP contribution in [0.4, 0.5) is 5.69 Å². The van der Waals surface area contributed by atoms with Gasteiger partial charge in [-0.3, -0.25) is 4.79 Å². The first-order valence-corrected chi connectivity index (χ1v) is 15.2. The number of anilines is 1. The monoisotopic (exact) mass is 564 g/mol. The van der Waals surface area contributed by atoms with E-state index in [-0.39, 0.29) is 15.1 Å². The average Bonchev–Trinajstić information content (AvgIpc) is 3.33. The van der Waals surface area contributed by atoms with Gasteiger partial charge < -0.3 is 15.8 Å². The van der Waals surface area contributed by atoms with Gasteiger partial charge in [0, 0.05) is 47.2 Å². The van der Waals surface area contributed by atoms with Gasteiger partial charge in [0.2, 0.25) is 15.9 Å². The number of sulfonamides is 2. The molecule has 0 aliphatic carbocycles. The number of piperidine rings is 1. The van der Waals surface area contributed by atoms with Crippen LogP contribution in [0.5, 0.6) is 5.75 Å². The van der Waals surface area contributed by atoms with Crippen molar-refractivity contribution in [2.45, 2.75) is 34.4 Å². The summed E-state index contributed by atoms with van der Waals surface area (Å²) in [6, 6.07) is 14.6. The van der Waals surface area contributed by atoms with E-state index >= 15 is 0 Å². The molecule has 1 saturated heterocycles. The summed E-state index contributed by atoms with van der Waals surface area (Å²) in [6.07, 6.45) is 1.42. The van der Waals surface area contributed by atoms with E-state index in [9.17, 15) is 21.6 Å². The molecule has 1 aliphatic rings. The first-order valence-electron chi connectivity index (χ1n) is 11.4. The lowest BCUT2D eigenvalue weighted by atomic mass is 10.0. The van der Waals surface area contributed by atoms with E-state index in [0.29, 0.717) is 54.9 Å². The van der Waals surface area contributed by atoms with Crippen LogP contribution >= 0.6 is 11.3 Å². The van der Waals surface area contributed by atoms with Crippen molar-refractivity contribution in [2.75, 3.05) is 25.5 Å². The third-order valence-corrected chi connectivity index (χ3v) is 10.6. The van der Waals surface area contributed by atoms with Crippen LogP contribution in [-0.2, 0) is 26.5 Å². The number of carbonyl (C=O) groups excluding carboxylic acids is 1. The Morgan fingerprint density at radius 1 is 1.08 bits per heavy atom. The molecule has 0 unspecified atom stereocenters. The summed E-state index contributed by atoms with van der Waals surface area (Å²) >= 11 is 1.15. The number of nitrogens with zero attached hydrogens (tertiary/aromatic N) is 1. The van der Waals surface area contributed by atoms with Crippen LogP contribution in [-0.4, -0.2) is 53.3 Å². The molecule has 0 saturated carbocycles. The summed E-state index contributed by atoms with van der Waals surface area (Å²) in [4.78, 5) is 12.7. The van der Waals surface area contributed by atoms with Gasteiger partial charge in [-0.1, -0.05) is 12.1 Å². The zero-order valence-electron chi connectivity index (χ0n) is 20.1. The zero-order chi connectivity index (χ0) is 26.8. The number of ether oxygens (including phenoxy) is 1. The molecule has 4 rings (SSSR count). The van der Waals surface area contributed by atoms with Crippen LogP contribution in [0.25, 0.3) is 0 Å². The molecular formula is C24H28N4O6S3. The van der Waals surface area contributed by atoms with E-state index in [2.05, 4.69) is 5.32 Å². The number of primary sulfonamides is 1. The highest BCUT2D eigenvalue weighted by atomic mass is 32.2. The highest BCUT2D eigenvalue weighted by molar-refractivity contribution is 7.91. The number of hydrogen-bond donors (Lipinski definition) is 3. The molecule has 1 aromatic heterocycles. The number of nitrogens with two attached hydrogens (primary N) is 2. The quantitative estimate of drug-likeness (QED) is 0.359. The van der Waals surface area contributed by atoms with Crippen LogP contribution < -0.4 is 20.9 Å². The number of carbonyl (C=O) groups is 1. The van der Waals surface area contributed by atoms with Crippen molar-refractivity contribution in [3.8, 4) is 5.75 Å². The largest absolute Gasteiger partial charge is 0.496 e. The number of rotatable bonds is 9. The predicted molar refractivity (Wildman–Crippen MR) is 142 cm³/mol. The summed E-state index contributed by atoms with van der Waals surface area (Å²) in [5, 5.41) is 8.48. The molecule has 37 heavy (non-hydrogen) atoms. The standard InChI is InChI=1S/C24H28N4O6S3/c1-34-22-7-3-6-20(24(25)29)21(22)15-18-8-9-23(35-18)37(32,33)28-12-10-16(11-13-28)27-17-4-2-5-19(14-17)36(26,30)31/h2-9,14,16,27H,10-13,15H2,1H3,(H2,25,29)(H2,26,30,31). The number of amides is 1. The number of primary amides is 1. The Balaban J connectivity index is 1.43. The Hall–Kier alpha value is -2.97. The van der Waals surface area contributed by atoms with Gasteiger partial charge in [-0.05, 0) is 55.3 Å². The van der Waals surface area contributed by atoms with E-state index in [0.717, 1.165) is 16.2 Å². The highest BCUT2D eigenvalue weighted by Crippen LogP contribution is 2.32. The van der Waals surface area contributed by atoms with E-state index in [1.165, 1.54) is 23.5 Å². The van der Waals surface area contributed by atoms with Crippen LogP contribution in [0.1, 0.15) is 33.6 Å². The minimum atomic E-state index is -3.81. The zero-order valence-corrected chi connectivity index (χ0v) is 22.5. The van der Waals surface area contributed by atoms with Gasteiger partial charge in [0.15, 0.2) is 0 Å². The molecular weight excluding hydrogens is 536 g/mol. The number of hydrogen-bond acceptors (Lipinski definition) is 8. The Morgan fingerprint density at radius 3 is 2.43 bits per heavy atom. The molecule has 2 aromatic carbocycles. The predicted octanol–water partition coefficient (Wildman–Crippen LogP) is 2.36. The number of nitrogens with one attached hydrogen (secondary N) is 1. The molecule has 1 fully saturated rings. The molecule has 1 aliphatic heterocycles. The van der Waals surface area contributed by atoms with E-state index in [1.807, 2.05) is 0 Å². The van der Waals surface area contributed by atoms with Crippen molar-refractivity contribution in [2.24, 2.45) is 10.9 Å². The summed E-state index contributed by atoms with van der Waals surface area (Å²) in [7, 11) is -6.00. The molecule has 1 amide bonds. The first-order chi connectivity index (χ1) is 17.5. The lowest BCUT2D eigenvalue weighted by molar-refractivity contribution is 0.0999. The van der Waals surface area contributed by atoms with Crippen molar-refractivity contribution < 1.29 is 26.4 Å². The van der Waals surface area contributed by atoms with Crippen LogP contribution in [0, 0.1) is 0 Å². The summed E-state index contributed by atoms with van der Waals surface area (Å²) in [5.74, 6) is -0.0653. The van der Waals surface area contributed by atoms with Gasteiger partial charge in [-0.2, -0.15) is 4.31 Å². The molecule has 2 heterocycles. The maximum absolute atomic E-state index is 13.3. The third-order valence-electron chi connectivity index (χ3n) is 6.19. The number of methoxy groups -OCH3 is 1. The molecule has 0 bridgehead atoms. The molecule has 0 atom stereocenters. The fourth-order valence-electron chi connectivity index (χ4n) is 4.30. The Bertz CT molecular complexity index is 1510. The molecule has 10 nitrogen and oxygen atoms in total. The minimum Gasteiger partial charge on any atom is -0.496 e. The second kappa shape index (κ2) is 10.8. The van der Waals surface area contributed by atoms with Gasteiger partial charge in [0.1, 0.15) is 9.96 Å². The van der Waals surface area contributed by atoms with Gasteiger partial charge in [0.25, 0.3) is 10.0 Å². The van der Waals surface area contributed by atoms with Gasteiger partial charge in [0.05, 0.1) is 12.0 Å². The molecule has 5 N–H and O–H groups in total. The smallest absolute Gasteiger partial charge is 0.252 e. The molecule has 13 heteroatoms. The summed E-state index contributed by atoms with van der Waals surface area (Å²) in [5.41, 5.74) is 7.08. The second-order valence-corrected chi connectivity index (χ2v) is 13.5. The SMILES string of the molecule is COc1cccc(C(N)=O)c1Cc1ccc(S(=O)(=O)N2CCC(Nc3cccc(S(N)(=O)=O)c3)CC2)s1. The molecule has 0 spiro atoms. The van der Waals surface area contributed by atoms with Gasteiger partial charge in [-0.25, -0.2) is 22.0 Å². The highest BCUT2D eigenvalue weighted by Gasteiger charge is 2.31. The van der Waals surface area contributed by atoms with Crippen molar-refractivity contribution >= 4 is 43.0 Å². The van der Waals surface area contributed by atoms with E-state index in [1.54, 1.807) is 42.5 Å². The summed E-state index contributed by atoms with van der Waals surface area (Å²) < 4.78 is 56.9. The van der Waals surface area contributed by atoms with Gasteiger partial charge in [-0.15, -0.1) is 11.3 Å². The lowest BCUT2D eigenvalue weighted by Crippen LogP contribution is -2.42. The fourth-order valence-corrected chi connectivity index (χ4v) is 7.85. The van der Waals surface area contributed by atoms with Crippen LogP contribution in [0.2, 0.25) is 0 Å². The number of thiophene rings is 1. The second-order valence-electron chi connectivity index (χ2n) is 8.64. The van der Waals surface area contributed by atoms with Gasteiger partial charge >= 0.3 is 0 Å². The van der Waals surface area contributed by atoms with E-state index in [4.69, 9.17) is 15.6 Å². The molecule has 0 radical (unpaired) electrons. The fraction of sp³-hybridized carbons (Fsp3) is 0.292.